The van der Waals surface area contributed by atoms with Crippen molar-refractivity contribution in [3.63, 3.8) is 0 Å². The van der Waals surface area contributed by atoms with Crippen LogP contribution in [0.15, 0.2) is 36.4 Å². The zero-order chi connectivity index (χ0) is 19.1. The summed E-state index contributed by atoms with van der Waals surface area (Å²) >= 11 is 1.44. The predicted molar refractivity (Wildman–Crippen MR) is 105 cm³/mol. The van der Waals surface area contributed by atoms with E-state index in [0.29, 0.717) is 29.2 Å². The molecule has 0 aliphatic heterocycles. The molecule has 2 amide bonds. The largest absolute Gasteiger partial charge is 0.339 e. The summed E-state index contributed by atoms with van der Waals surface area (Å²) in [6.45, 7) is 7.14. The summed E-state index contributed by atoms with van der Waals surface area (Å²) in [5, 5.41) is 2.76. The fourth-order valence-corrected chi connectivity index (χ4v) is 3.38. The van der Waals surface area contributed by atoms with Crippen molar-refractivity contribution in [3.05, 3.63) is 51.7 Å². The van der Waals surface area contributed by atoms with Gasteiger partial charge in [-0.25, -0.2) is 0 Å². The van der Waals surface area contributed by atoms with Crippen molar-refractivity contribution >= 4 is 34.6 Å². The van der Waals surface area contributed by atoms with Crippen LogP contribution in [0.5, 0.6) is 0 Å². The number of rotatable bonds is 8. The lowest BCUT2D eigenvalue weighted by atomic mass is 10.1. The van der Waals surface area contributed by atoms with Gasteiger partial charge in [-0.05, 0) is 57.2 Å². The fraction of sp³-hybridized carbons (Fsp3) is 0.350. The van der Waals surface area contributed by atoms with Crippen molar-refractivity contribution < 1.29 is 14.4 Å². The second kappa shape index (κ2) is 9.29. The molecule has 0 aliphatic carbocycles. The minimum Gasteiger partial charge on any atom is -0.339 e. The number of benzene rings is 1. The van der Waals surface area contributed by atoms with E-state index in [1.54, 1.807) is 35.2 Å². The second-order valence-corrected chi connectivity index (χ2v) is 7.22. The first kappa shape index (κ1) is 19.8. The molecule has 0 radical (unpaired) electrons. The Morgan fingerprint density at radius 1 is 0.962 bits per heavy atom. The van der Waals surface area contributed by atoms with Crippen LogP contribution in [0.1, 0.15) is 51.6 Å². The number of carbonyl (C=O) groups excluding carboxylic acids is 3. The van der Waals surface area contributed by atoms with Gasteiger partial charge in [-0.3, -0.25) is 14.4 Å². The Bertz CT molecular complexity index is 777. The molecule has 5 nitrogen and oxygen atoms in total. The molecular formula is C20H24N2O3S. The van der Waals surface area contributed by atoms with E-state index in [-0.39, 0.29) is 30.4 Å². The first-order valence-electron chi connectivity index (χ1n) is 8.73. The molecule has 1 heterocycles. The van der Waals surface area contributed by atoms with Crippen molar-refractivity contribution in [1.82, 2.24) is 4.90 Å². The van der Waals surface area contributed by atoms with Crippen LogP contribution < -0.4 is 5.32 Å². The summed E-state index contributed by atoms with van der Waals surface area (Å²) < 4.78 is 0. The van der Waals surface area contributed by atoms with Gasteiger partial charge in [0.15, 0.2) is 5.78 Å². The third-order valence-corrected chi connectivity index (χ3v) is 5.10. The van der Waals surface area contributed by atoms with Crippen molar-refractivity contribution in [2.75, 3.05) is 18.4 Å². The fourth-order valence-electron chi connectivity index (χ4n) is 2.55. The Kier molecular flexibility index (Phi) is 7.09. The SMILES string of the molecule is CCN(CC)C(=O)c1ccc(NC(=O)CCC(=O)c2ccc(C)s2)cc1. The van der Waals surface area contributed by atoms with Gasteiger partial charge in [0.05, 0.1) is 4.88 Å². The Balaban J connectivity index is 1.87. The third-order valence-electron chi connectivity index (χ3n) is 4.06. The summed E-state index contributed by atoms with van der Waals surface area (Å²) in [6.07, 6.45) is 0.320. The van der Waals surface area contributed by atoms with Gasteiger partial charge >= 0.3 is 0 Å². The van der Waals surface area contributed by atoms with E-state index in [2.05, 4.69) is 5.32 Å². The number of carbonyl (C=O) groups is 3. The van der Waals surface area contributed by atoms with Crippen molar-refractivity contribution in [2.45, 2.75) is 33.6 Å². The number of hydrogen-bond acceptors (Lipinski definition) is 4. The van der Waals surface area contributed by atoms with Gasteiger partial charge in [-0.15, -0.1) is 11.3 Å². The maximum absolute atomic E-state index is 12.3. The average Bonchev–Trinajstić information content (AvgIpc) is 3.08. The van der Waals surface area contributed by atoms with E-state index < -0.39 is 0 Å². The quantitative estimate of drug-likeness (QED) is 0.708. The van der Waals surface area contributed by atoms with E-state index >= 15 is 0 Å². The molecule has 2 rings (SSSR count). The Morgan fingerprint density at radius 3 is 2.15 bits per heavy atom. The molecule has 1 N–H and O–H groups in total. The number of anilines is 1. The van der Waals surface area contributed by atoms with Crippen LogP contribution in [0.2, 0.25) is 0 Å². The minimum atomic E-state index is -0.213. The number of Topliss-reactive ketones (excluding diaryl/α,β-unsaturated/α-hetero) is 1. The average molecular weight is 372 g/mol. The normalized spacial score (nSPS) is 10.4. The van der Waals surface area contributed by atoms with Crippen LogP contribution in [-0.2, 0) is 4.79 Å². The summed E-state index contributed by atoms with van der Waals surface area (Å²) in [5.74, 6) is -0.252. The molecule has 2 aromatic rings. The number of thiophene rings is 1. The zero-order valence-corrected chi connectivity index (χ0v) is 16.2. The Hall–Kier alpha value is -2.47. The van der Waals surface area contributed by atoms with Crippen molar-refractivity contribution in [2.24, 2.45) is 0 Å². The van der Waals surface area contributed by atoms with E-state index in [9.17, 15) is 14.4 Å². The van der Waals surface area contributed by atoms with Gasteiger partial charge < -0.3 is 10.2 Å². The number of ketones is 1. The molecule has 0 saturated carbocycles. The maximum Gasteiger partial charge on any atom is 0.253 e. The monoisotopic (exact) mass is 372 g/mol. The third kappa shape index (κ3) is 5.26. The van der Waals surface area contributed by atoms with Gasteiger partial charge in [-0.1, -0.05) is 0 Å². The molecule has 1 aromatic heterocycles. The smallest absolute Gasteiger partial charge is 0.253 e. The molecule has 6 heteroatoms. The summed E-state index contributed by atoms with van der Waals surface area (Å²) in [4.78, 5) is 39.8. The van der Waals surface area contributed by atoms with Gasteiger partial charge in [-0.2, -0.15) is 0 Å². The van der Waals surface area contributed by atoms with Crippen LogP contribution in [0.4, 0.5) is 5.69 Å². The van der Waals surface area contributed by atoms with E-state index in [1.807, 2.05) is 26.8 Å². The highest BCUT2D eigenvalue weighted by molar-refractivity contribution is 7.14. The first-order chi connectivity index (χ1) is 12.4. The lowest BCUT2D eigenvalue weighted by Crippen LogP contribution is -2.30. The molecule has 0 aliphatic rings. The number of hydrogen-bond donors (Lipinski definition) is 1. The molecule has 26 heavy (non-hydrogen) atoms. The number of amides is 2. The van der Waals surface area contributed by atoms with Crippen LogP contribution in [-0.4, -0.2) is 35.6 Å². The van der Waals surface area contributed by atoms with Gasteiger partial charge in [0, 0.05) is 42.1 Å². The standard InChI is InChI=1S/C20H24N2O3S/c1-4-22(5-2)20(25)15-7-9-16(10-8-15)21-19(24)13-11-17(23)18-12-6-14(3)26-18/h6-10,12H,4-5,11,13H2,1-3H3,(H,21,24). The number of nitrogens with one attached hydrogen (secondary N) is 1. The predicted octanol–water partition coefficient (Wildman–Crippen LogP) is 4.14. The van der Waals surface area contributed by atoms with Gasteiger partial charge in [0.25, 0.3) is 5.91 Å². The summed E-state index contributed by atoms with van der Waals surface area (Å²) in [5.41, 5.74) is 1.21. The maximum atomic E-state index is 12.3. The summed E-state index contributed by atoms with van der Waals surface area (Å²) in [6, 6.07) is 10.5. The summed E-state index contributed by atoms with van der Waals surface area (Å²) in [7, 11) is 0. The lowest BCUT2D eigenvalue weighted by molar-refractivity contribution is -0.116. The van der Waals surface area contributed by atoms with Crippen molar-refractivity contribution in [1.29, 1.82) is 0 Å². The van der Waals surface area contributed by atoms with Crippen LogP contribution >= 0.6 is 11.3 Å². The van der Waals surface area contributed by atoms with E-state index in [0.717, 1.165) is 4.88 Å². The Morgan fingerprint density at radius 2 is 1.62 bits per heavy atom. The number of nitrogens with zero attached hydrogens (tertiary/aromatic N) is 1. The molecule has 0 saturated heterocycles. The van der Waals surface area contributed by atoms with Crippen LogP contribution in [0, 0.1) is 6.92 Å². The highest BCUT2D eigenvalue weighted by Crippen LogP contribution is 2.18. The lowest BCUT2D eigenvalue weighted by Gasteiger charge is -2.18. The molecule has 0 atom stereocenters. The minimum absolute atomic E-state index is 0.0154. The molecule has 138 valence electrons. The van der Waals surface area contributed by atoms with E-state index in [4.69, 9.17) is 0 Å². The van der Waals surface area contributed by atoms with E-state index in [1.165, 1.54) is 11.3 Å². The van der Waals surface area contributed by atoms with Gasteiger partial charge in [0.1, 0.15) is 0 Å². The molecule has 0 bridgehead atoms. The zero-order valence-electron chi connectivity index (χ0n) is 15.4. The van der Waals surface area contributed by atoms with Crippen molar-refractivity contribution in [3.8, 4) is 0 Å². The molecule has 0 spiro atoms. The van der Waals surface area contributed by atoms with Gasteiger partial charge in [0.2, 0.25) is 5.91 Å². The number of aryl methyl sites for hydroxylation is 1. The molecule has 1 aromatic carbocycles. The highest BCUT2D eigenvalue weighted by atomic mass is 32.1. The molecular weight excluding hydrogens is 348 g/mol. The highest BCUT2D eigenvalue weighted by Gasteiger charge is 2.13. The molecule has 0 fully saturated rings. The molecule has 0 unspecified atom stereocenters. The van der Waals surface area contributed by atoms with Crippen LogP contribution in [0.25, 0.3) is 0 Å². The second-order valence-electron chi connectivity index (χ2n) is 5.94. The topological polar surface area (TPSA) is 66.5 Å². The Labute approximate surface area is 158 Å². The first-order valence-corrected chi connectivity index (χ1v) is 9.55. The van der Waals surface area contributed by atoms with Crippen LogP contribution in [0.3, 0.4) is 0 Å².